The summed E-state index contributed by atoms with van der Waals surface area (Å²) in [5.74, 6) is 0.810. The fraction of sp³-hybridized carbons (Fsp3) is 0.412. The van der Waals surface area contributed by atoms with Gasteiger partial charge in [0.25, 0.3) is 5.91 Å². The second-order valence-corrected chi connectivity index (χ2v) is 12.0. The summed E-state index contributed by atoms with van der Waals surface area (Å²) in [5, 5.41) is 4.48. The van der Waals surface area contributed by atoms with E-state index in [9.17, 15) is 9.59 Å². The van der Waals surface area contributed by atoms with Crippen molar-refractivity contribution >= 4 is 35.0 Å². The van der Waals surface area contributed by atoms with E-state index in [1.54, 1.807) is 19.1 Å². The van der Waals surface area contributed by atoms with E-state index in [1.165, 1.54) is 18.4 Å². The molecule has 218 valence electrons. The first-order valence-corrected chi connectivity index (χ1v) is 15.4. The number of hydrogen-bond donors (Lipinski definition) is 1. The van der Waals surface area contributed by atoms with Crippen LogP contribution in [-0.2, 0) is 10.3 Å². The Morgan fingerprint density at radius 1 is 0.854 bits per heavy atom. The molecule has 2 aliphatic rings. The van der Waals surface area contributed by atoms with Crippen LogP contribution in [-0.4, -0.2) is 54.3 Å². The zero-order valence-electron chi connectivity index (χ0n) is 23.9. The molecule has 1 unspecified atom stereocenters. The molecular weight excluding hydrogens is 553 g/mol. The normalized spacial score (nSPS) is 18.6. The number of benzene rings is 3. The fourth-order valence-corrected chi connectivity index (χ4v) is 6.30. The standard InChI is InChI=1S/C28H37N3O2.C6H4Cl2/c1-23(32)29-28(26-14-6-3-7-15-26)16-20-30(21-17-28)18-8-10-24-11-9-19-31(22-24)27(33)25-12-4-2-5-13-25;7-5-3-1-2-4-6(5)8/h2-7,12-15,24H,8-11,16-22H2,1H3,(H,29,32);1-4H. The lowest BCUT2D eigenvalue weighted by molar-refractivity contribution is -0.121. The minimum atomic E-state index is -0.245. The Labute approximate surface area is 254 Å². The molecule has 2 saturated heterocycles. The topological polar surface area (TPSA) is 52.7 Å². The number of carbonyl (C=O) groups is 2. The minimum Gasteiger partial charge on any atom is -0.347 e. The molecule has 5 rings (SSSR count). The molecule has 41 heavy (non-hydrogen) atoms. The third kappa shape index (κ3) is 9.06. The molecule has 5 nitrogen and oxygen atoms in total. The van der Waals surface area contributed by atoms with Gasteiger partial charge >= 0.3 is 0 Å². The molecule has 7 heteroatoms. The van der Waals surface area contributed by atoms with E-state index in [2.05, 4.69) is 34.5 Å². The second kappa shape index (κ2) is 15.4. The first kappa shape index (κ1) is 31.1. The molecule has 2 aliphatic heterocycles. The number of likely N-dealkylation sites (tertiary alicyclic amines) is 2. The maximum Gasteiger partial charge on any atom is 0.253 e. The lowest BCUT2D eigenvalue weighted by Gasteiger charge is -2.43. The van der Waals surface area contributed by atoms with Crippen molar-refractivity contribution in [3.05, 3.63) is 106 Å². The Balaban J connectivity index is 0.000000417. The van der Waals surface area contributed by atoms with Crippen LogP contribution >= 0.6 is 23.2 Å². The van der Waals surface area contributed by atoms with Crippen LogP contribution in [0.3, 0.4) is 0 Å². The SMILES string of the molecule is CC(=O)NC1(c2ccccc2)CCN(CCCC2CCCN(C(=O)c3ccccc3)C2)CC1.Clc1ccccc1Cl. The zero-order chi connectivity index (χ0) is 29.1. The predicted octanol–water partition coefficient (Wildman–Crippen LogP) is 7.44. The van der Waals surface area contributed by atoms with Gasteiger partial charge in [0.2, 0.25) is 5.91 Å². The number of nitrogens with zero attached hydrogens (tertiary/aromatic N) is 2. The molecule has 3 aromatic rings. The van der Waals surface area contributed by atoms with E-state index in [1.807, 2.05) is 53.4 Å². The number of carbonyl (C=O) groups excluding carboxylic acids is 2. The predicted molar refractivity (Wildman–Crippen MR) is 168 cm³/mol. The number of nitrogens with one attached hydrogen (secondary N) is 1. The Morgan fingerprint density at radius 3 is 2.02 bits per heavy atom. The number of rotatable bonds is 7. The number of piperidine rings is 2. The number of halogens is 2. The molecule has 0 radical (unpaired) electrons. The van der Waals surface area contributed by atoms with E-state index in [-0.39, 0.29) is 17.4 Å². The lowest BCUT2D eigenvalue weighted by Crippen LogP contribution is -2.52. The number of hydrogen-bond acceptors (Lipinski definition) is 3. The molecule has 1 atom stereocenters. The van der Waals surface area contributed by atoms with Crippen LogP contribution in [0, 0.1) is 5.92 Å². The summed E-state index contributed by atoms with van der Waals surface area (Å²) in [4.78, 5) is 29.3. The van der Waals surface area contributed by atoms with Crippen molar-refractivity contribution < 1.29 is 9.59 Å². The molecule has 0 bridgehead atoms. The Bertz CT molecular complexity index is 1230. The molecular formula is C34H41Cl2N3O2. The van der Waals surface area contributed by atoms with E-state index >= 15 is 0 Å². The summed E-state index contributed by atoms with van der Waals surface area (Å²) < 4.78 is 0. The van der Waals surface area contributed by atoms with Crippen LogP contribution < -0.4 is 5.32 Å². The molecule has 0 saturated carbocycles. The summed E-state index contributed by atoms with van der Waals surface area (Å²) in [6.07, 6.45) is 6.54. The van der Waals surface area contributed by atoms with Crippen molar-refractivity contribution in [1.82, 2.24) is 15.1 Å². The molecule has 2 fully saturated rings. The highest BCUT2D eigenvalue weighted by Gasteiger charge is 2.36. The molecule has 0 aliphatic carbocycles. The Kier molecular flexibility index (Phi) is 11.7. The van der Waals surface area contributed by atoms with Crippen molar-refractivity contribution in [2.75, 3.05) is 32.7 Å². The summed E-state index contributed by atoms with van der Waals surface area (Å²) >= 11 is 11.2. The fourth-order valence-electron chi connectivity index (χ4n) is 6.03. The third-order valence-electron chi connectivity index (χ3n) is 8.19. The van der Waals surface area contributed by atoms with Gasteiger partial charge in [-0.25, -0.2) is 0 Å². The van der Waals surface area contributed by atoms with Crippen LogP contribution in [0.2, 0.25) is 10.0 Å². The summed E-state index contributed by atoms with van der Waals surface area (Å²) in [7, 11) is 0. The summed E-state index contributed by atoms with van der Waals surface area (Å²) in [6, 6.07) is 27.3. The van der Waals surface area contributed by atoms with E-state index < -0.39 is 0 Å². The molecule has 2 amide bonds. The monoisotopic (exact) mass is 593 g/mol. The highest BCUT2D eigenvalue weighted by atomic mass is 35.5. The second-order valence-electron chi connectivity index (χ2n) is 11.2. The van der Waals surface area contributed by atoms with Crippen LogP contribution in [0.5, 0.6) is 0 Å². The average molecular weight is 595 g/mol. The maximum atomic E-state index is 12.8. The molecule has 2 heterocycles. The van der Waals surface area contributed by atoms with Crippen molar-refractivity contribution in [2.24, 2.45) is 5.92 Å². The number of amides is 2. The van der Waals surface area contributed by atoms with Crippen molar-refractivity contribution in [2.45, 2.75) is 51.0 Å². The van der Waals surface area contributed by atoms with Crippen molar-refractivity contribution in [1.29, 1.82) is 0 Å². The summed E-state index contributed by atoms with van der Waals surface area (Å²) in [6.45, 7) is 6.46. The van der Waals surface area contributed by atoms with Crippen LogP contribution in [0.25, 0.3) is 0 Å². The van der Waals surface area contributed by atoms with Gasteiger partial charge in [-0.3, -0.25) is 9.59 Å². The lowest BCUT2D eigenvalue weighted by atomic mass is 9.80. The van der Waals surface area contributed by atoms with Gasteiger partial charge in [0.15, 0.2) is 0 Å². The van der Waals surface area contributed by atoms with Gasteiger partial charge in [-0.2, -0.15) is 0 Å². The molecule has 0 spiro atoms. The maximum absolute atomic E-state index is 12.8. The van der Waals surface area contributed by atoms with E-state index in [0.717, 1.165) is 64.0 Å². The van der Waals surface area contributed by atoms with Gasteiger partial charge in [-0.15, -0.1) is 0 Å². The van der Waals surface area contributed by atoms with Crippen LogP contribution in [0.1, 0.15) is 61.4 Å². The Hall–Kier alpha value is -2.86. The van der Waals surface area contributed by atoms with Crippen LogP contribution in [0.15, 0.2) is 84.9 Å². The average Bonchev–Trinajstić information content (AvgIpc) is 3.00. The molecule has 1 N–H and O–H groups in total. The van der Waals surface area contributed by atoms with Gasteiger partial charge in [0.05, 0.1) is 15.6 Å². The molecule has 3 aromatic carbocycles. The summed E-state index contributed by atoms with van der Waals surface area (Å²) in [5.41, 5.74) is 1.77. The van der Waals surface area contributed by atoms with E-state index in [0.29, 0.717) is 16.0 Å². The van der Waals surface area contributed by atoms with E-state index in [4.69, 9.17) is 23.2 Å². The first-order chi connectivity index (χ1) is 19.9. The van der Waals surface area contributed by atoms with Crippen LogP contribution in [0.4, 0.5) is 0 Å². The van der Waals surface area contributed by atoms with Gasteiger partial charge in [-0.05, 0) is 80.8 Å². The van der Waals surface area contributed by atoms with Gasteiger partial charge in [0.1, 0.15) is 0 Å². The Morgan fingerprint density at radius 2 is 1.44 bits per heavy atom. The van der Waals surface area contributed by atoms with Gasteiger partial charge in [-0.1, -0.05) is 83.9 Å². The van der Waals surface area contributed by atoms with Gasteiger partial charge < -0.3 is 15.1 Å². The van der Waals surface area contributed by atoms with Crippen molar-refractivity contribution in [3.63, 3.8) is 0 Å². The highest BCUT2D eigenvalue weighted by Crippen LogP contribution is 2.33. The minimum absolute atomic E-state index is 0.0409. The van der Waals surface area contributed by atoms with Crippen molar-refractivity contribution in [3.8, 4) is 0 Å². The van der Waals surface area contributed by atoms with Gasteiger partial charge in [0, 0.05) is 38.7 Å². The third-order valence-corrected chi connectivity index (χ3v) is 8.95. The quantitative estimate of drug-likeness (QED) is 0.309. The largest absolute Gasteiger partial charge is 0.347 e. The highest BCUT2D eigenvalue weighted by molar-refractivity contribution is 6.41. The smallest absolute Gasteiger partial charge is 0.253 e. The zero-order valence-corrected chi connectivity index (χ0v) is 25.4. The molecule has 0 aromatic heterocycles. The first-order valence-electron chi connectivity index (χ1n) is 14.7.